The SMILES string of the molecule is COCOc1c(C=O)cc2ccccc2c1-c1c(OCc2cccc(NC(=O)c3ncc[nH]3)c2)ccc2ccccc12. The normalized spacial score (nSPS) is 11.0. The first-order valence-corrected chi connectivity index (χ1v) is 13.3. The fourth-order valence-electron chi connectivity index (χ4n) is 5.07. The van der Waals surface area contributed by atoms with Crippen LogP contribution in [0.3, 0.4) is 0 Å². The molecule has 1 heterocycles. The highest BCUT2D eigenvalue weighted by molar-refractivity contribution is 6.12. The molecule has 1 amide bonds. The molecule has 0 bridgehead atoms. The van der Waals surface area contributed by atoms with Crippen molar-refractivity contribution in [2.45, 2.75) is 6.61 Å². The summed E-state index contributed by atoms with van der Waals surface area (Å²) in [5, 5.41) is 6.63. The second-order valence-electron chi connectivity index (χ2n) is 9.60. The van der Waals surface area contributed by atoms with Gasteiger partial charge in [0, 0.05) is 36.3 Å². The summed E-state index contributed by atoms with van der Waals surface area (Å²) in [4.78, 5) is 31.6. The predicted octanol–water partition coefficient (Wildman–Crippen LogP) is 7.01. The van der Waals surface area contributed by atoms with Gasteiger partial charge in [-0.05, 0) is 51.4 Å². The molecule has 0 saturated carbocycles. The van der Waals surface area contributed by atoms with Crippen LogP contribution >= 0.6 is 0 Å². The van der Waals surface area contributed by atoms with Crippen molar-refractivity contribution in [1.29, 1.82) is 0 Å². The van der Waals surface area contributed by atoms with Crippen molar-refractivity contribution in [3.05, 3.63) is 120 Å². The zero-order valence-corrected chi connectivity index (χ0v) is 22.8. The van der Waals surface area contributed by atoms with E-state index in [0.717, 1.165) is 44.5 Å². The number of benzene rings is 5. The maximum Gasteiger partial charge on any atom is 0.291 e. The number of methoxy groups -OCH3 is 1. The second-order valence-corrected chi connectivity index (χ2v) is 9.60. The lowest BCUT2D eigenvalue weighted by Crippen LogP contribution is -2.13. The molecule has 1 aromatic heterocycles. The number of amides is 1. The van der Waals surface area contributed by atoms with Gasteiger partial charge in [-0.1, -0.05) is 66.7 Å². The fourth-order valence-corrected chi connectivity index (χ4v) is 5.07. The van der Waals surface area contributed by atoms with Crippen LogP contribution in [0.5, 0.6) is 11.5 Å². The Morgan fingerprint density at radius 3 is 2.43 bits per heavy atom. The summed E-state index contributed by atoms with van der Waals surface area (Å²) in [5.41, 5.74) is 3.45. The molecule has 8 heteroatoms. The van der Waals surface area contributed by atoms with Crippen molar-refractivity contribution in [2.24, 2.45) is 0 Å². The highest BCUT2D eigenvalue weighted by Crippen LogP contribution is 2.47. The molecule has 0 saturated heterocycles. The van der Waals surface area contributed by atoms with Crippen molar-refractivity contribution in [1.82, 2.24) is 9.97 Å². The average Bonchev–Trinajstić information content (AvgIpc) is 3.58. The van der Waals surface area contributed by atoms with Gasteiger partial charge in [-0.3, -0.25) is 9.59 Å². The summed E-state index contributed by atoms with van der Waals surface area (Å²) in [7, 11) is 1.54. The van der Waals surface area contributed by atoms with Crippen molar-refractivity contribution >= 4 is 39.4 Å². The Morgan fingerprint density at radius 2 is 1.67 bits per heavy atom. The van der Waals surface area contributed by atoms with E-state index in [1.165, 1.54) is 6.20 Å². The minimum atomic E-state index is -0.333. The van der Waals surface area contributed by atoms with Gasteiger partial charge in [0.15, 0.2) is 18.9 Å². The van der Waals surface area contributed by atoms with E-state index in [1.54, 1.807) is 13.3 Å². The number of carbonyl (C=O) groups is 2. The van der Waals surface area contributed by atoms with Crippen LogP contribution in [0, 0.1) is 0 Å². The summed E-state index contributed by atoms with van der Waals surface area (Å²) in [6, 6.07) is 29.1. The maximum absolute atomic E-state index is 12.5. The van der Waals surface area contributed by atoms with E-state index in [9.17, 15) is 9.59 Å². The molecule has 0 aliphatic heterocycles. The van der Waals surface area contributed by atoms with Crippen LogP contribution in [0.15, 0.2) is 103 Å². The number of hydrogen-bond donors (Lipinski definition) is 2. The molecule has 6 aromatic rings. The summed E-state index contributed by atoms with van der Waals surface area (Å²) in [5.74, 6) is 0.942. The van der Waals surface area contributed by atoms with E-state index in [4.69, 9.17) is 14.2 Å². The summed E-state index contributed by atoms with van der Waals surface area (Å²) in [6.07, 6.45) is 3.93. The number of ether oxygens (including phenoxy) is 3. The summed E-state index contributed by atoms with van der Waals surface area (Å²) in [6.45, 7) is 0.207. The molecular formula is C34H27N3O5. The number of nitrogens with zero attached hydrogens (tertiary/aromatic N) is 1. The highest BCUT2D eigenvalue weighted by Gasteiger charge is 2.22. The van der Waals surface area contributed by atoms with Crippen molar-refractivity contribution < 1.29 is 23.8 Å². The van der Waals surface area contributed by atoms with Crippen LogP contribution in [0.25, 0.3) is 32.7 Å². The molecule has 0 atom stereocenters. The van der Waals surface area contributed by atoms with Gasteiger partial charge in [0.25, 0.3) is 5.91 Å². The van der Waals surface area contributed by atoms with Crippen LogP contribution in [0.2, 0.25) is 0 Å². The van der Waals surface area contributed by atoms with Crippen molar-refractivity contribution in [2.75, 3.05) is 19.2 Å². The summed E-state index contributed by atoms with van der Waals surface area (Å²) >= 11 is 0. The molecule has 42 heavy (non-hydrogen) atoms. The first kappa shape index (κ1) is 26.7. The molecule has 2 N–H and O–H groups in total. The molecule has 0 aliphatic carbocycles. The van der Waals surface area contributed by atoms with Crippen molar-refractivity contribution in [3.8, 4) is 22.6 Å². The molecule has 5 aromatic carbocycles. The molecule has 0 aliphatic rings. The monoisotopic (exact) mass is 557 g/mol. The molecule has 0 spiro atoms. The van der Waals surface area contributed by atoms with E-state index in [2.05, 4.69) is 15.3 Å². The van der Waals surface area contributed by atoms with E-state index in [0.29, 0.717) is 22.7 Å². The Hall–Kier alpha value is -5.47. The van der Waals surface area contributed by atoms with Gasteiger partial charge in [0.05, 0.1) is 5.56 Å². The van der Waals surface area contributed by atoms with E-state index in [-0.39, 0.29) is 25.1 Å². The van der Waals surface area contributed by atoms with Gasteiger partial charge in [0.1, 0.15) is 18.1 Å². The number of carbonyl (C=O) groups excluding carboxylic acids is 2. The van der Waals surface area contributed by atoms with Gasteiger partial charge in [0.2, 0.25) is 0 Å². The molecule has 0 unspecified atom stereocenters. The molecule has 0 fully saturated rings. The molecular weight excluding hydrogens is 530 g/mol. The first-order valence-electron chi connectivity index (χ1n) is 13.3. The molecule has 208 valence electrons. The lowest BCUT2D eigenvalue weighted by atomic mass is 9.90. The zero-order valence-electron chi connectivity index (χ0n) is 22.8. The third kappa shape index (κ3) is 5.31. The Balaban J connectivity index is 1.44. The number of aldehydes is 1. The quantitative estimate of drug-likeness (QED) is 0.139. The summed E-state index contributed by atoms with van der Waals surface area (Å²) < 4.78 is 17.8. The van der Waals surface area contributed by atoms with Crippen LogP contribution in [0.1, 0.15) is 26.5 Å². The number of nitrogens with one attached hydrogen (secondary N) is 2. The Morgan fingerprint density at radius 1 is 0.881 bits per heavy atom. The lowest BCUT2D eigenvalue weighted by molar-refractivity contribution is 0.0510. The number of aromatic amines is 1. The zero-order chi connectivity index (χ0) is 28.9. The largest absolute Gasteiger partial charge is 0.488 e. The third-order valence-corrected chi connectivity index (χ3v) is 6.91. The Labute approximate surface area is 241 Å². The second kappa shape index (κ2) is 12.0. The molecule has 0 radical (unpaired) electrons. The van der Waals surface area contributed by atoms with Gasteiger partial charge >= 0.3 is 0 Å². The predicted molar refractivity (Wildman–Crippen MR) is 162 cm³/mol. The average molecular weight is 558 g/mol. The minimum Gasteiger partial charge on any atom is -0.488 e. The van der Waals surface area contributed by atoms with Gasteiger partial charge in [-0.15, -0.1) is 0 Å². The van der Waals surface area contributed by atoms with Gasteiger partial charge in [-0.25, -0.2) is 4.98 Å². The maximum atomic E-state index is 12.5. The highest BCUT2D eigenvalue weighted by atomic mass is 16.7. The smallest absolute Gasteiger partial charge is 0.291 e. The number of rotatable bonds is 10. The Bertz CT molecular complexity index is 1900. The Kier molecular flexibility index (Phi) is 7.61. The van der Waals surface area contributed by atoms with E-state index in [1.807, 2.05) is 91.0 Å². The standard InChI is InChI=1S/C34H27N3O5/c1-40-21-42-32-25(19-38)18-24-9-3-5-12-28(24)31(32)30-27-11-4-2-8-23(27)13-14-29(30)41-20-22-7-6-10-26(17-22)37-34(39)33-35-15-16-36-33/h2-19H,20-21H2,1H3,(H,35,36)(H,37,39). The van der Waals surface area contributed by atoms with Crippen LogP contribution in [-0.4, -0.2) is 36.1 Å². The number of hydrogen-bond acceptors (Lipinski definition) is 6. The molecule has 8 nitrogen and oxygen atoms in total. The van der Waals surface area contributed by atoms with Crippen LogP contribution < -0.4 is 14.8 Å². The van der Waals surface area contributed by atoms with Crippen LogP contribution in [0.4, 0.5) is 5.69 Å². The van der Waals surface area contributed by atoms with Crippen LogP contribution in [-0.2, 0) is 11.3 Å². The van der Waals surface area contributed by atoms with Gasteiger partial charge in [-0.2, -0.15) is 0 Å². The lowest BCUT2D eigenvalue weighted by Gasteiger charge is -2.21. The number of aromatic nitrogens is 2. The van der Waals surface area contributed by atoms with Crippen molar-refractivity contribution in [3.63, 3.8) is 0 Å². The number of fused-ring (bicyclic) bond motifs is 2. The van der Waals surface area contributed by atoms with Gasteiger partial charge < -0.3 is 24.5 Å². The minimum absolute atomic E-state index is 0.0242. The van der Waals surface area contributed by atoms with E-state index < -0.39 is 0 Å². The third-order valence-electron chi connectivity index (χ3n) is 6.91. The molecule has 6 rings (SSSR count). The number of anilines is 1. The first-order chi connectivity index (χ1) is 20.7. The van der Waals surface area contributed by atoms with E-state index >= 15 is 0 Å². The fraction of sp³-hybridized carbons (Fsp3) is 0.0882. The topological polar surface area (TPSA) is 103 Å². The number of imidazole rings is 1. The number of H-pyrrole nitrogens is 1.